The Morgan fingerprint density at radius 3 is 1.65 bits per heavy atom. The van der Waals surface area contributed by atoms with Gasteiger partial charge < -0.3 is 60.7 Å². The van der Waals surface area contributed by atoms with Gasteiger partial charge in [-0.25, -0.2) is 4.89 Å². The van der Waals surface area contributed by atoms with Gasteiger partial charge in [-0.3, -0.25) is 62.3 Å². The topological polar surface area (TPSA) is 327 Å². The second-order valence-electron chi connectivity index (χ2n) is 31.2. The minimum atomic E-state index is -1.48. The lowest BCUT2D eigenvalue weighted by Crippen LogP contribution is -2.61. The second kappa shape index (κ2) is 50.1. The third-order valence-corrected chi connectivity index (χ3v) is 19.5. The number of carbonyl (C=O) groups is 12. The first kappa shape index (κ1) is 97.2. The van der Waals surface area contributed by atoms with Gasteiger partial charge >= 0.3 is 0 Å². The van der Waals surface area contributed by atoms with Gasteiger partial charge in [-0.15, -0.1) is 4.99 Å². The van der Waals surface area contributed by atoms with Gasteiger partial charge in [0.15, 0.2) is 0 Å². The summed E-state index contributed by atoms with van der Waals surface area (Å²) in [5, 5.41) is 16.3. The Hall–Kier alpha value is -7.89. The van der Waals surface area contributed by atoms with Crippen LogP contribution in [0.4, 0.5) is 0 Å². The maximum atomic E-state index is 15.8. The van der Waals surface area contributed by atoms with Crippen LogP contribution in [-0.4, -0.2) is 247 Å². The predicted molar refractivity (Wildman–Crippen MR) is 426 cm³/mol. The Morgan fingerprint density at radius 1 is 0.587 bits per heavy atom. The minimum absolute atomic E-state index is 0.0634. The highest BCUT2D eigenvalue weighted by Crippen LogP contribution is 2.25. The van der Waals surface area contributed by atoms with Crippen molar-refractivity contribution in [2.45, 2.75) is 247 Å². The summed E-state index contributed by atoms with van der Waals surface area (Å²) in [6.07, 6.45) is 16.7. The molecule has 616 valence electrons. The zero-order valence-electron chi connectivity index (χ0n) is 69.4. The highest BCUT2D eigenvalue weighted by atomic mass is 32.2. The van der Waals surface area contributed by atoms with E-state index in [1.54, 1.807) is 51.3 Å². The fourth-order valence-corrected chi connectivity index (χ4v) is 13.2. The molecule has 6 N–H and O–H groups in total. The van der Waals surface area contributed by atoms with Crippen molar-refractivity contribution in [1.82, 2.24) is 65.8 Å². The molecule has 7 unspecified atom stereocenters. The first-order chi connectivity index (χ1) is 51.3. The summed E-state index contributed by atoms with van der Waals surface area (Å²) in [6.45, 7) is 33.8. The van der Waals surface area contributed by atoms with Crippen LogP contribution in [0, 0.1) is 35.5 Å². The van der Waals surface area contributed by atoms with Crippen molar-refractivity contribution in [3.05, 3.63) is 73.1 Å². The molecule has 0 spiro atoms. The SMILES string of the molecule is C=C/C=C\C(=C)CC1C(=O)N[C@@H](C(C)C)C(=O)N(C)C(CC(C)C)C(=O)NC(CC)C(=O)N(CCCC)CC(=O)N(C)C(CC(C)C)C(=O)NC(CC(=C/C=C/C(=O)NSC)/C=C/OC)C(=O)N(C)C(CC(C)C)C(=O)N(C)C(CC(C)C)C(=O)N[C@H](CN2CCCCCOO2)CC(=O)N[C@H](CC(C)C)C(=O)N1C. The molecule has 0 saturated carbocycles. The number of likely N-dealkylation sites (N-methyl/N-ethyl adjacent to an activating group) is 5. The van der Waals surface area contributed by atoms with Crippen molar-refractivity contribution in [3.8, 4) is 0 Å². The van der Waals surface area contributed by atoms with Crippen LogP contribution in [0.1, 0.15) is 187 Å². The highest BCUT2D eigenvalue weighted by Gasteiger charge is 2.43. The molecule has 0 bridgehead atoms. The van der Waals surface area contributed by atoms with Crippen molar-refractivity contribution in [2.75, 3.05) is 81.4 Å². The molecule has 0 aliphatic carbocycles. The number of nitrogens with zero attached hydrogens (tertiary/aromatic N) is 7. The van der Waals surface area contributed by atoms with Crippen molar-refractivity contribution >= 4 is 82.8 Å². The normalized spacial score (nSPS) is 24.4. The van der Waals surface area contributed by atoms with E-state index in [1.807, 2.05) is 76.2 Å². The molecular weight excluding hydrogens is 1420 g/mol. The number of methoxy groups -OCH3 is 1. The smallest absolute Gasteiger partial charge is 0.253 e. The van der Waals surface area contributed by atoms with Crippen LogP contribution in [0.25, 0.3) is 0 Å². The Kier molecular flexibility index (Phi) is 44.7. The molecule has 2 aliphatic heterocycles. The number of hydrogen-bond acceptors (Lipinski definition) is 17. The molecular formula is C80H135N13O15S. The quantitative estimate of drug-likeness (QED) is 0.0147. The van der Waals surface area contributed by atoms with Gasteiger partial charge in [0.25, 0.3) is 5.91 Å². The molecule has 2 fully saturated rings. The summed E-state index contributed by atoms with van der Waals surface area (Å²) < 4.78 is 7.95. The van der Waals surface area contributed by atoms with E-state index < -0.39 is 150 Å². The van der Waals surface area contributed by atoms with Crippen LogP contribution in [0.3, 0.4) is 0 Å². The van der Waals surface area contributed by atoms with Crippen LogP contribution < -0.4 is 31.3 Å². The zero-order valence-corrected chi connectivity index (χ0v) is 70.2. The van der Waals surface area contributed by atoms with Gasteiger partial charge in [0.05, 0.1) is 32.6 Å². The van der Waals surface area contributed by atoms with E-state index in [4.69, 9.17) is 14.6 Å². The molecule has 28 nitrogen and oxygen atoms in total. The van der Waals surface area contributed by atoms with Gasteiger partial charge in [0.1, 0.15) is 54.4 Å². The fourth-order valence-electron chi connectivity index (χ4n) is 12.9. The lowest BCUT2D eigenvalue weighted by molar-refractivity contribution is -0.430. The van der Waals surface area contributed by atoms with E-state index in [2.05, 4.69) is 44.5 Å². The van der Waals surface area contributed by atoms with Crippen molar-refractivity contribution in [2.24, 2.45) is 35.5 Å². The molecule has 0 aromatic rings. The number of allylic oxidation sites excluding steroid dienone is 6. The Labute approximate surface area is 654 Å². The van der Waals surface area contributed by atoms with Crippen LogP contribution in [0.15, 0.2) is 73.1 Å². The van der Waals surface area contributed by atoms with Crippen LogP contribution in [0.5, 0.6) is 0 Å². The third-order valence-electron chi connectivity index (χ3n) is 19.1. The third kappa shape index (κ3) is 33.7. The zero-order chi connectivity index (χ0) is 82.5. The highest BCUT2D eigenvalue weighted by molar-refractivity contribution is 7.97. The lowest BCUT2D eigenvalue weighted by atomic mass is 9.96. The van der Waals surface area contributed by atoms with E-state index in [0.717, 1.165) is 24.8 Å². The van der Waals surface area contributed by atoms with Gasteiger partial charge in [-0.1, -0.05) is 164 Å². The van der Waals surface area contributed by atoms with Crippen LogP contribution in [0.2, 0.25) is 0 Å². The van der Waals surface area contributed by atoms with E-state index in [9.17, 15) is 14.4 Å². The fraction of sp³-hybridized carbons (Fsp3) is 0.700. The summed E-state index contributed by atoms with van der Waals surface area (Å²) in [5.41, 5.74) is 0.803. The summed E-state index contributed by atoms with van der Waals surface area (Å²) in [5.74, 6) is -9.47. The van der Waals surface area contributed by atoms with Crippen LogP contribution in [-0.2, 0) is 72.1 Å². The second-order valence-corrected chi connectivity index (χ2v) is 31.9. The van der Waals surface area contributed by atoms with Crippen LogP contribution >= 0.6 is 11.9 Å². The summed E-state index contributed by atoms with van der Waals surface area (Å²) in [7, 11) is 8.65. The number of carbonyl (C=O) groups excluding carboxylic acids is 12. The maximum Gasteiger partial charge on any atom is 0.253 e. The Bertz CT molecular complexity index is 3130. The van der Waals surface area contributed by atoms with Gasteiger partial charge in [-0.2, -0.15) is 5.06 Å². The minimum Gasteiger partial charge on any atom is -0.504 e. The number of hydroxylamine groups is 2. The van der Waals surface area contributed by atoms with Gasteiger partial charge in [0.2, 0.25) is 65.0 Å². The van der Waals surface area contributed by atoms with Crippen molar-refractivity contribution in [1.29, 1.82) is 0 Å². The van der Waals surface area contributed by atoms with E-state index in [0.29, 0.717) is 37.0 Å². The number of amides is 12. The molecule has 0 aromatic heterocycles. The first-order valence-electron chi connectivity index (χ1n) is 38.8. The van der Waals surface area contributed by atoms with Crippen molar-refractivity contribution in [3.63, 3.8) is 0 Å². The van der Waals surface area contributed by atoms with Gasteiger partial charge in [-0.05, 0) is 111 Å². The molecule has 109 heavy (non-hydrogen) atoms. The van der Waals surface area contributed by atoms with E-state index in [-0.39, 0.29) is 101 Å². The van der Waals surface area contributed by atoms with Crippen molar-refractivity contribution < 1.29 is 72.1 Å². The summed E-state index contributed by atoms with van der Waals surface area (Å²) >= 11 is 1.09. The molecule has 2 heterocycles. The molecule has 2 aliphatic rings. The maximum absolute atomic E-state index is 15.8. The monoisotopic (exact) mass is 1550 g/mol. The lowest BCUT2D eigenvalue weighted by Gasteiger charge is -2.38. The average molecular weight is 1550 g/mol. The molecule has 0 aromatic carbocycles. The molecule has 2 rings (SSSR count). The number of hydrogen-bond donors (Lipinski definition) is 6. The Morgan fingerprint density at radius 2 is 1.11 bits per heavy atom. The van der Waals surface area contributed by atoms with E-state index >= 15 is 43.2 Å². The van der Waals surface area contributed by atoms with E-state index in [1.165, 1.54) is 101 Å². The predicted octanol–water partition coefficient (Wildman–Crippen LogP) is 7.34. The summed E-state index contributed by atoms with van der Waals surface area (Å²) in [6, 6.07) is -12.6. The average Bonchev–Trinajstić information content (AvgIpc) is 0.819. The molecule has 12 amide bonds. The first-order valence-corrected chi connectivity index (χ1v) is 40.0. The standard InChI is InChI=1S/C80H135N13O15S/c1-24-27-33-57(16)46-66-75(100)85-71(56(14)15)80(105)90(20)65(44-54(10)11)74(99)83-60(26-3)78(103)92(37-28-25-2)50-70(96)87(17)63(42-52(6)7)73(98)84-62(47-58(36-40-106-22)34-32-35-68(94)86-109-23)77(102)91(21)67(45-55(12)13)79(104)89(19)64(43-53(8)9)72(97)81-59(49-93-38-30-29-31-39-107-108-93)48-69(95)82-61(41-51(4)5)76(101)88(66)18/h24,27,32-36,40,51-56,59-67,71H,1,16,25-26,28-31,37-39,41-50H2,2-15,17-23H3,(H,81,97)(H,82,95)(H,83,99)(H,84,98)(H,85,100)(H,86,94)/b33-27-,35-32+,40-36+,58-34+/t59-,60?,61+,62?,63?,64?,65?,66?,67?,71-/m0/s1. The molecule has 0 radical (unpaired) electrons. The number of nitrogens with one attached hydrogen (secondary N) is 6. The Balaban J connectivity index is 3.28. The largest absolute Gasteiger partial charge is 0.504 e. The molecule has 10 atom stereocenters. The summed E-state index contributed by atoms with van der Waals surface area (Å²) in [4.78, 5) is 199. The molecule has 2 saturated heterocycles. The molecule has 29 heteroatoms. The number of rotatable bonds is 28. The number of unbranched alkanes of at least 4 members (excludes halogenated alkanes) is 1. The number of ether oxygens (including phenoxy) is 1. The van der Waals surface area contributed by atoms with Gasteiger partial charge in [0, 0.05) is 86.5 Å².